The monoisotopic (exact) mass is 335 g/mol. The summed E-state index contributed by atoms with van der Waals surface area (Å²) in [7, 11) is 0. The SMILES string of the molecule is CSCCCNC(=O)c1ccc(Sc2c(C)cccc2C)o1. The summed E-state index contributed by atoms with van der Waals surface area (Å²) in [4.78, 5) is 13.2. The van der Waals surface area contributed by atoms with Crippen LogP contribution >= 0.6 is 23.5 Å². The van der Waals surface area contributed by atoms with Crippen molar-refractivity contribution in [3.05, 3.63) is 47.2 Å². The van der Waals surface area contributed by atoms with Crippen LogP contribution in [0.4, 0.5) is 0 Å². The summed E-state index contributed by atoms with van der Waals surface area (Å²) >= 11 is 3.34. The second kappa shape index (κ2) is 8.34. The summed E-state index contributed by atoms with van der Waals surface area (Å²) in [6.45, 7) is 4.84. The van der Waals surface area contributed by atoms with E-state index < -0.39 is 0 Å². The van der Waals surface area contributed by atoms with Crippen LogP contribution in [0.15, 0.2) is 44.7 Å². The van der Waals surface area contributed by atoms with E-state index in [1.54, 1.807) is 29.6 Å². The molecular weight excluding hydrogens is 314 g/mol. The van der Waals surface area contributed by atoms with Crippen molar-refractivity contribution in [1.29, 1.82) is 0 Å². The zero-order valence-corrected chi connectivity index (χ0v) is 14.8. The van der Waals surface area contributed by atoms with Crippen molar-refractivity contribution < 1.29 is 9.21 Å². The summed E-state index contributed by atoms with van der Waals surface area (Å²) in [5.74, 6) is 1.28. The van der Waals surface area contributed by atoms with Crippen LogP contribution in [-0.4, -0.2) is 24.5 Å². The first-order chi connectivity index (χ1) is 10.6. The Bertz CT molecular complexity index is 617. The van der Waals surface area contributed by atoms with Crippen LogP contribution in [-0.2, 0) is 0 Å². The molecule has 2 aromatic rings. The Kier molecular flexibility index (Phi) is 6.46. The molecule has 0 spiro atoms. The van der Waals surface area contributed by atoms with Gasteiger partial charge in [-0.25, -0.2) is 0 Å². The van der Waals surface area contributed by atoms with Crippen molar-refractivity contribution in [2.24, 2.45) is 0 Å². The molecule has 1 aromatic heterocycles. The van der Waals surface area contributed by atoms with Gasteiger partial charge in [-0.2, -0.15) is 11.8 Å². The molecule has 22 heavy (non-hydrogen) atoms. The Hall–Kier alpha value is -1.33. The molecule has 1 aromatic carbocycles. The van der Waals surface area contributed by atoms with Crippen LogP contribution in [0.3, 0.4) is 0 Å². The smallest absolute Gasteiger partial charge is 0.287 e. The third-order valence-corrected chi connectivity index (χ3v) is 5.19. The maximum absolute atomic E-state index is 12.0. The minimum atomic E-state index is -0.144. The van der Waals surface area contributed by atoms with E-state index in [1.807, 2.05) is 12.1 Å². The van der Waals surface area contributed by atoms with Gasteiger partial charge in [0.05, 0.1) is 0 Å². The first kappa shape index (κ1) is 17.0. The number of nitrogens with one attached hydrogen (secondary N) is 1. The molecule has 0 bridgehead atoms. The number of thioether (sulfide) groups is 1. The Balaban J connectivity index is 1.98. The van der Waals surface area contributed by atoms with Crippen molar-refractivity contribution in [3.63, 3.8) is 0 Å². The van der Waals surface area contributed by atoms with E-state index in [0.717, 1.165) is 17.3 Å². The molecule has 0 aliphatic rings. The van der Waals surface area contributed by atoms with Gasteiger partial charge < -0.3 is 9.73 Å². The zero-order chi connectivity index (χ0) is 15.9. The molecular formula is C17H21NO2S2. The fourth-order valence-corrected chi connectivity index (χ4v) is 3.42. The van der Waals surface area contributed by atoms with E-state index in [0.29, 0.717) is 12.3 Å². The average Bonchev–Trinajstić information content (AvgIpc) is 2.96. The standard InChI is InChI=1S/C17H21NO2S2/c1-12-6-4-7-13(2)16(12)22-15-9-8-14(20-15)17(19)18-10-5-11-21-3/h4,6-9H,5,10-11H2,1-3H3,(H,18,19). The minimum Gasteiger partial charge on any atom is -0.444 e. The highest BCUT2D eigenvalue weighted by Gasteiger charge is 2.13. The van der Waals surface area contributed by atoms with Crippen molar-refractivity contribution in [2.45, 2.75) is 30.3 Å². The van der Waals surface area contributed by atoms with Crippen LogP contribution in [0.5, 0.6) is 0 Å². The second-order valence-electron chi connectivity index (χ2n) is 5.04. The molecule has 1 heterocycles. The predicted molar refractivity (Wildman–Crippen MR) is 94.1 cm³/mol. The minimum absolute atomic E-state index is 0.144. The van der Waals surface area contributed by atoms with E-state index >= 15 is 0 Å². The Morgan fingerprint density at radius 2 is 1.91 bits per heavy atom. The molecule has 1 amide bonds. The molecule has 5 heteroatoms. The molecule has 1 N–H and O–H groups in total. The summed E-state index contributed by atoms with van der Waals surface area (Å²) in [6, 6.07) is 9.80. The quantitative estimate of drug-likeness (QED) is 0.755. The lowest BCUT2D eigenvalue weighted by molar-refractivity contribution is 0.0921. The summed E-state index contributed by atoms with van der Waals surface area (Å²) in [5, 5.41) is 3.62. The molecule has 0 aliphatic heterocycles. The maximum atomic E-state index is 12.0. The molecule has 0 saturated carbocycles. The Morgan fingerprint density at radius 1 is 1.18 bits per heavy atom. The molecule has 0 fully saturated rings. The first-order valence-electron chi connectivity index (χ1n) is 7.23. The Morgan fingerprint density at radius 3 is 2.59 bits per heavy atom. The van der Waals surface area contributed by atoms with Crippen LogP contribution < -0.4 is 5.32 Å². The van der Waals surface area contributed by atoms with Crippen molar-refractivity contribution >= 4 is 29.4 Å². The van der Waals surface area contributed by atoms with Crippen LogP contribution in [0.2, 0.25) is 0 Å². The molecule has 3 nitrogen and oxygen atoms in total. The fourth-order valence-electron chi connectivity index (χ4n) is 2.06. The normalized spacial score (nSPS) is 10.7. The summed E-state index contributed by atoms with van der Waals surface area (Å²) in [6.07, 6.45) is 3.03. The van der Waals surface area contributed by atoms with E-state index in [1.165, 1.54) is 16.0 Å². The number of hydrogen-bond donors (Lipinski definition) is 1. The summed E-state index contributed by atoms with van der Waals surface area (Å²) in [5.41, 5.74) is 2.42. The van der Waals surface area contributed by atoms with Crippen LogP contribution in [0, 0.1) is 13.8 Å². The van der Waals surface area contributed by atoms with E-state index in [-0.39, 0.29) is 5.91 Å². The van der Waals surface area contributed by atoms with Gasteiger partial charge in [0.1, 0.15) is 0 Å². The molecule has 118 valence electrons. The largest absolute Gasteiger partial charge is 0.444 e. The molecule has 0 atom stereocenters. The lowest BCUT2D eigenvalue weighted by Crippen LogP contribution is -2.24. The van der Waals surface area contributed by atoms with Gasteiger partial charge >= 0.3 is 0 Å². The molecule has 0 aliphatic carbocycles. The van der Waals surface area contributed by atoms with Gasteiger partial charge in [0.15, 0.2) is 10.9 Å². The predicted octanol–water partition coefficient (Wildman–Crippen LogP) is 4.53. The second-order valence-corrected chi connectivity index (χ2v) is 7.04. The molecule has 0 radical (unpaired) electrons. The zero-order valence-electron chi connectivity index (χ0n) is 13.1. The van der Waals surface area contributed by atoms with E-state index in [2.05, 4.69) is 37.6 Å². The highest BCUT2D eigenvalue weighted by atomic mass is 32.2. The number of amides is 1. The molecule has 0 unspecified atom stereocenters. The van der Waals surface area contributed by atoms with Gasteiger partial charge in [0.2, 0.25) is 0 Å². The number of carbonyl (C=O) groups is 1. The molecule has 0 saturated heterocycles. The average molecular weight is 335 g/mol. The van der Waals surface area contributed by atoms with Gasteiger partial charge in [-0.05, 0) is 55.5 Å². The van der Waals surface area contributed by atoms with E-state index in [9.17, 15) is 4.79 Å². The lowest BCUT2D eigenvalue weighted by Gasteiger charge is -2.06. The number of carbonyl (C=O) groups excluding carboxylic acids is 1. The first-order valence-corrected chi connectivity index (χ1v) is 9.44. The topological polar surface area (TPSA) is 42.2 Å². The number of hydrogen-bond acceptors (Lipinski definition) is 4. The highest BCUT2D eigenvalue weighted by Crippen LogP contribution is 2.33. The Labute approximate surface area is 140 Å². The maximum Gasteiger partial charge on any atom is 0.287 e. The number of benzene rings is 1. The third kappa shape index (κ3) is 4.58. The van der Waals surface area contributed by atoms with E-state index in [4.69, 9.17) is 4.42 Å². The van der Waals surface area contributed by atoms with Crippen molar-refractivity contribution in [1.82, 2.24) is 5.32 Å². The van der Waals surface area contributed by atoms with Gasteiger partial charge in [-0.1, -0.05) is 30.0 Å². The number of furan rings is 1. The lowest BCUT2D eigenvalue weighted by atomic mass is 10.2. The van der Waals surface area contributed by atoms with Crippen LogP contribution in [0.25, 0.3) is 0 Å². The van der Waals surface area contributed by atoms with Crippen molar-refractivity contribution in [2.75, 3.05) is 18.6 Å². The summed E-state index contributed by atoms with van der Waals surface area (Å²) < 4.78 is 5.66. The third-order valence-electron chi connectivity index (χ3n) is 3.23. The van der Waals surface area contributed by atoms with Crippen molar-refractivity contribution in [3.8, 4) is 0 Å². The molecule has 2 rings (SSSR count). The van der Waals surface area contributed by atoms with Gasteiger partial charge in [0, 0.05) is 11.4 Å². The van der Waals surface area contributed by atoms with Crippen LogP contribution in [0.1, 0.15) is 28.1 Å². The van der Waals surface area contributed by atoms with Gasteiger partial charge in [0.25, 0.3) is 5.91 Å². The van der Waals surface area contributed by atoms with Gasteiger partial charge in [-0.15, -0.1) is 0 Å². The number of aryl methyl sites for hydroxylation is 2. The highest BCUT2D eigenvalue weighted by molar-refractivity contribution is 7.99. The number of rotatable bonds is 7. The van der Waals surface area contributed by atoms with Gasteiger partial charge in [-0.3, -0.25) is 4.79 Å². The fraction of sp³-hybridized carbons (Fsp3) is 0.353.